The number of halogens is 2. The smallest absolute Gasteiger partial charge is 0.247 e. The van der Waals surface area contributed by atoms with E-state index in [2.05, 4.69) is 17.4 Å². The fourth-order valence-electron chi connectivity index (χ4n) is 2.13. The van der Waals surface area contributed by atoms with Gasteiger partial charge in [-0.3, -0.25) is 0 Å². The molecule has 1 saturated heterocycles. The first-order valence-electron chi connectivity index (χ1n) is 5.97. The molecular weight excluding hydrogens is 240 g/mol. The Bertz CT molecular complexity index is 334. The molecule has 1 aromatic carbocycles. The van der Waals surface area contributed by atoms with Gasteiger partial charge in [-0.25, -0.2) is 8.78 Å². The van der Waals surface area contributed by atoms with Crippen LogP contribution in [0.1, 0.15) is 24.3 Å². The second-order valence-electron chi connectivity index (χ2n) is 4.31. The summed E-state index contributed by atoms with van der Waals surface area (Å²) in [7, 11) is 0. The molecule has 1 nitrogen and oxygen atoms in total. The Labute approximate surface area is 105 Å². The van der Waals surface area contributed by atoms with Gasteiger partial charge >= 0.3 is 0 Å². The maximum atomic E-state index is 12.1. The normalized spacial score (nSPS) is 20.8. The molecule has 0 amide bonds. The highest BCUT2D eigenvalue weighted by Crippen LogP contribution is 2.26. The minimum Gasteiger partial charge on any atom is -0.316 e. The lowest BCUT2D eigenvalue weighted by Gasteiger charge is -2.23. The minimum absolute atomic E-state index is 0.121. The molecule has 1 unspecified atom stereocenters. The highest BCUT2D eigenvalue weighted by atomic mass is 32.2. The summed E-state index contributed by atoms with van der Waals surface area (Å²) < 4.78 is 24.1. The quantitative estimate of drug-likeness (QED) is 0.828. The molecule has 17 heavy (non-hydrogen) atoms. The second kappa shape index (κ2) is 6.36. The predicted octanol–water partition coefficient (Wildman–Crippen LogP) is 3.51. The van der Waals surface area contributed by atoms with Gasteiger partial charge in [0.15, 0.2) is 0 Å². The molecule has 1 aromatic rings. The maximum Gasteiger partial charge on any atom is 0.247 e. The Balaban J connectivity index is 1.92. The van der Waals surface area contributed by atoms with Crippen molar-refractivity contribution in [3.05, 3.63) is 29.8 Å². The summed E-state index contributed by atoms with van der Waals surface area (Å²) in [5.41, 5.74) is 1.32. The van der Waals surface area contributed by atoms with E-state index in [-0.39, 0.29) is 5.75 Å². The van der Waals surface area contributed by atoms with E-state index in [1.165, 1.54) is 30.2 Å². The molecule has 0 aliphatic carbocycles. The molecule has 0 saturated carbocycles. The average molecular weight is 257 g/mol. The van der Waals surface area contributed by atoms with Crippen molar-refractivity contribution in [1.29, 1.82) is 0 Å². The Morgan fingerprint density at radius 1 is 1.29 bits per heavy atom. The van der Waals surface area contributed by atoms with Crippen LogP contribution in [0.2, 0.25) is 0 Å². The Hall–Kier alpha value is -0.610. The van der Waals surface area contributed by atoms with Gasteiger partial charge in [0, 0.05) is 11.4 Å². The summed E-state index contributed by atoms with van der Waals surface area (Å²) in [6.07, 6.45) is 0.200. The molecule has 1 atom stereocenters. The zero-order valence-electron chi connectivity index (χ0n) is 9.66. The Morgan fingerprint density at radius 2 is 2.06 bits per heavy atom. The van der Waals surface area contributed by atoms with Crippen LogP contribution in [-0.4, -0.2) is 25.3 Å². The van der Waals surface area contributed by atoms with Crippen LogP contribution in [0, 0.1) is 0 Å². The van der Waals surface area contributed by atoms with E-state index in [0.717, 1.165) is 18.0 Å². The third-order valence-electron chi connectivity index (χ3n) is 3.02. The molecule has 0 spiro atoms. The third kappa shape index (κ3) is 3.96. The fraction of sp³-hybridized carbons (Fsp3) is 0.538. The van der Waals surface area contributed by atoms with E-state index in [1.807, 2.05) is 12.1 Å². The zero-order chi connectivity index (χ0) is 12.1. The topological polar surface area (TPSA) is 12.0 Å². The molecule has 94 valence electrons. The van der Waals surface area contributed by atoms with Crippen molar-refractivity contribution < 1.29 is 8.78 Å². The number of piperidine rings is 1. The maximum absolute atomic E-state index is 12.1. The van der Waals surface area contributed by atoms with E-state index >= 15 is 0 Å². The van der Waals surface area contributed by atoms with Gasteiger partial charge in [0.25, 0.3) is 0 Å². The molecule has 4 heteroatoms. The first kappa shape index (κ1) is 12.8. The summed E-state index contributed by atoms with van der Waals surface area (Å²) in [4.78, 5) is 0.929. The van der Waals surface area contributed by atoms with Gasteiger partial charge < -0.3 is 5.32 Å². The van der Waals surface area contributed by atoms with E-state index in [4.69, 9.17) is 0 Å². The van der Waals surface area contributed by atoms with Crippen molar-refractivity contribution in [2.45, 2.75) is 30.1 Å². The second-order valence-corrected chi connectivity index (χ2v) is 5.41. The Kier molecular flexibility index (Phi) is 4.80. The fourth-order valence-corrected chi connectivity index (χ4v) is 2.78. The molecule has 1 N–H and O–H groups in total. The number of rotatable bonds is 4. The highest BCUT2D eigenvalue weighted by molar-refractivity contribution is 7.99. The molecular formula is C13H17F2NS. The molecule has 1 aliphatic rings. The van der Waals surface area contributed by atoms with Crippen LogP contribution in [0.25, 0.3) is 0 Å². The standard InChI is InChI=1S/C13H17F2NS/c14-13(15)9-17-12-5-3-10(4-6-12)11-2-1-7-16-8-11/h3-6,11,13,16H,1-2,7-9H2. The van der Waals surface area contributed by atoms with Crippen LogP contribution >= 0.6 is 11.8 Å². The predicted molar refractivity (Wildman–Crippen MR) is 68.0 cm³/mol. The zero-order valence-corrected chi connectivity index (χ0v) is 10.5. The van der Waals surface area contributed by atoms with Gasteiger partial charge in [0.05, 0.1) is 5.75 Å². The van der Waals surface area contributed by atoms with Crippen molar-refractivity contribution in [2.75, 3.05) is 18.8 Å². The first-order valence-corrected chi connectivity index (χ1v) is 6.96. The molecule has 1 fully saturated rings. The van der Waals surface area contributed by atoms with Crippen molar-refractivity contribution in [3.8, 4) is 0 Å². The number of benzene rings is 1. The number of thioether (sulfide) groups is 1. The number of hydrogen-bond acceptors (Lipinski definition) is 2. The van der Waals surface area contributed by atoms with Crippen LogP contribution < -0.4 is 5.32 Å². The average Bonchev–Trinajstić information content (AvgIpc) is 2.38. The van der Waals surface area contributed by atoms with Gasteiger partial charge in [-0.1, -0.05) is 12.1 Å². The van der Waals surface area contributed by atoms with E-state index in [0.29, 0.717) is 5.92 Å². The number of nitrogens with one attached hydrogen (secondary N) is 1. The summed E-state index contributed by atoms with van der Waals surface area (Å²) in [6.45, 7) is 2.14. The van der Waals surface area contributed by atoms with Crippen LogP contribution in [0.3, 0.4) is 0 Å². The largest absolute Gasteiger partial charge is 0.316 e. The van der Waals surface area contributed by atoms with E-state index < -0.39 is 6.43 Å². The molecule has 0 radical (unpaired) electrons. The highest BCUT2D eigenvalue weighted by Gasteiger charge is 2.14. The minimum atomic E-state index is -2.23. The van der Waals surface area contributed by atoms with Gasteiger partial charge in [-0.15, -0.1) is 11.8 Å². The molecule has 0 aromatic heterocycles. The van der Waals surface area contributed by atoms with Gasteiger partial charge in [0.1, 0.15) is 0 Å². The lowest BCUT2D eigenvalue weighted by atomic mass is 9.92. The first-order chi connectivity index (χ1) is 8.25. The number of hydrogen-bond donors (Lipinski definition) is 1. The van der Waals surface area contributed by atoms with Gasteiger partial charge in [0.2, 0.25) is 6.43 Å². The van der Waals surface area contributed by atoms with Crippen LogP contribution in [0.4, 0.5) is 8.78 Å². The lowest BCUT2D eigenvalue weighted by Crippen LogP contribution is -2.28. The molecule has 1 aliphatic heterocycles. The van der Waals surface area contributed by atoms with Gasteiger partial charge in [-0.2, -0.15) is 0 Å². The molecule has 2 rings (SSSR count). The molecule has 1 heterocycles. The summed E-state index contributed by atoms with van der Waals surface area (Å²) >= 11 is 1.22. The van der Waals surface area contributed by atoms with Crippen molar-refractivity contribution in [2.24, 2.45) is 0 Å². The summed E-state index contributed by atoms with van der Waals surface area (Å²) in [5.74, 6) is 0.461. The number of alkyl halides is 2. The summed E-state index contributed by atoms with van der Waals surface area (Å²) in [6, 6.07) is 8.06. The van der Waals surface area contributed by atoms with Crippen LogP contribution in [0.5, 0.6) is 0 Å². The van der Waals surface area contributed by atoms with Gasteiger partial charge in [-0.05, 0) is 43.0 Å². The lowest BCUT2D eigenvalue weighted by molar-refractivity contribution is 0.177. The third-order valence-corrected chi connectivity index (χ3v) is 4.05. The van der Waals surface area contributed by atoms with Crippen molar-refractivity contribution in [1.82, 2.24) is 5.32 Å². The Morgan fingerprint density at radius 3 is 2.65 bits per heavy atom. The van der Waals surface area contributed by atoms with Crippen LogP contribution in [0.15, 0.2) is 29.2 Å². The van der Waals surface area contributed by atoms with Crippen molar-refractivity contribution >= 4 is 11.8 Å². The van der Waals surface area contributed by atoms with Crippen molar-refractivity contribution in [3.63, 3.8) is 0 Å². The van der Waals surface area contributed by atoms with Crippen LogP contribution in [-0.2, 0) is 0 Å². The SMILES string of the molecule is FC(F)CSc1ccc(C2CCCNC2)cc1. The van der Waals surface area contributed by atoms with E-state index in [1.54, 1.807) is 0 Å². The van der Waals surface area contributed by atoms with E-state index in [9.17, 15) is 8.78 Å². The molecule has 0 bridgehead atoms. The monoisotopic (exact) mass is 257 g/mol. The summed E-state index contributed by atoms with van der Waals surface area (Å²) in [5, 5.41) is 3.38.